The van der Waals surface area contributed by atoms with Crippen molar-refractivity contribution in [3.05, 3.63) is 82.7 Å². The van der Waals surface area contributed by atoms with E-state index in [2.05, 4.69) is 65.6 Å². The zero-order valence-corrected chi connectivity index (χ0v) is 18.6. The molecule has 0 radical (unpaired) electrons. The summed E-state index contributed by atoms with van der Waals surface area (Å²) in [6.07, 6.45) is 0. The fraction of sp³-hybridized carbons (Fsp3) is 0.360. The van der Waals surface area contributed by atoms with Gasteiger partial charge in [0.05, 0.1) is 12.2 Å². The van der Waals surface area contributed by atoms with E-state index >= 15 is 0 Å². The summed E-state index contributed by atoms with van der Waals surface area (Å²) in [5, 5.41) is 7.60. The third-order valence-corrected chi connectivity index (χ3v) is 5.76. The second kappa shape index (κ2) is 9.35. The molecule has 3 aromatic rings. The van der Waals surface area contributed by atoms with Crippen LogP contribution in [0.4, 0.5) is 10.5 Å². The quantitative estimate of drug-likeness (QED) is 0.677. The third kappa shape index (κ3) is 5.52. The number of piperazine rings is 1. The molecule has 6 nitrogen and oxygen atoms in total. The van der Waals surface area contributed by atoms with Crippen LogP contribution >= 0.6 is 0 Å². The zero-order valence-electron chi connectivity index (χ0n) is 18.6. The van der Waals surface area contributed by atoms with Gasteiger partial charge < -0.3 is 10.2 Å². The number of rotatable bonds is 5. The van der Waals surface area contributed by atoms with Gasteiger partial charge in [-0.05, 0) is 50.1 Å². The maximum absolute atomic E-state index is 12.8. The highest BCUT2D eigenvalue weighted by atomic mass is 16.2. The SMILES string of the molecule is Cc1cccc(CN2CCN(C(=O)Nc3cccc(Cn4nc(C)cc4C)c3)CC2)c1. The maximum atomic E-state index is 12.8. The fourth-order valence-electron chi connectivity index (χ4n) is 4.14. The Kier molecular flexibility index (Phi) is 6.37. The Balaban J connectivity index is 1.30. The van der Waals surface area contributed by atoms with E-state index in [1.165, 1.54) is 11.1 Å². The molecule has 0 saturated carbocycles. The molecule has 4 rings (SSSR count). The number of carbonyl (C=O) groups is 1. The van der Waals surface area contributed by atoms with Gasteiger partial charge in [0, 0.05) is 44.1 Å². The number of aromatic nitrogens is 2. The first-order valence-electron chi connectivity index (χ1n) is 10.9. The molecular formula is C25H31N5O. The lowest BCUT2D eigenvalue weighted by atomic mass is 10.1. The predicted octanol–water partition coefficient (Wildman–Crippen LogP) is 4.21. The van der Waals surface area contributed by atoms with Crippen molar-refractivity contribution in [1.82, 2.24) is 19.6 Å². The molecule has 162 valence electrons. The summed E-state index contributed by atoms with van der Waals surface area (Å²) >= 11 is 0. The van der Waals surface area contributed by atoms with Gasteiger partial charge in [-0.15, -0.1) is 0 Å². The Morgan fingerprint density at radius 2 is 1.61 bits per heavy atom. The van der Waals surface area contributed by atoms with Crippen LogP contribution in [-0.4, -0.2) is 51.8 Å². The highest BCUT2D eigenvalue weighted by Gasteiger charge is 2.21. The average molecular weight is 418 g/mol. The van der Waals surface area contributed by atoms with Crippen LogP contribution in [0.15, 0.2) is 54.6 Å². The largest absolute Gasteiger partial charge is 0.322 e. The lowest BCUT2D eigenvalue weighted by molar-refractivity contribution is 0.143. The second-order valence-electron chi connectivity index (χ2n) is 8.47. The molecule has 0 spiro atoms. The van der Waals surface area contributed by atoms with Gasteiger partial charge in [0.2, 0.25) is 0 Å². The van der Waals surface area contributed by atoms with Crippen LogP contribution in [0.2, 0.25) is 0 Å². The molecule has 1 aliphatic rings. The fourth-order valence-corrected chi connectivity index (χ4v) is 4.14. The van der Waals surface area contributed by atoms with Gasteiger partial charge in [-0.3, -0.25) is 9.58 Å². The first-order chi connectivity index (χ1) is 15.0. The highest BCUT2D eigenvalue weighted by Crippen LogP contribution is 2.15. The summed E-state index contributed by atoms with van der Waals surface area (Å²) < 4.78 is 1.99. The molecule has 0 atom stereocenters. The molecule has 1 N–H and O–H groups in total. The van der Waals surface area contributed by atoms with Crippen molar-refractivity contribution in [2.45, 2.75) is 33.9 Å². The Morgan fingerprint density at radius 3 is 2.29 bits per heavy atom. The number of urea groups is 1. The predicted molar refractivity (Wildman–Crippen MR) is 124 cm³/mol. The average Bonchev–Trinajstić information content (AvgIpc) is 3.05. The number of nitrogens with one attached hydrogen (secondary N) is 1. The smallest absolute Gasteiger partial charge is 0.321 e. The molecule has 0 unspecified atom stereocenters. The van der Waals surface area contributed by atoms with Gasteiger partial charge in [0.15, 0.2) is 0 Å². The number of hydrogen-bond acceptors (Lipinski definition) is 3. The number of aryl methyl sites for hydroxylation is 3. The number of anilines is 1. The van der Waals surface area contributed by atoms with E-state index in [1.807, 2.05) is 34.7 Å². The van der Waals surface area contributed by atoms with Crippen molar-refractivity contribution in [3.63, 3.8) is 0 Å². The number of benzene rings is 2. The third-order valence-electron chi connectivity index (χ3n) is 5.76. The van der Waals surface area contributed by atoms with Gasteiger partial charge in [0.1, 0.15) is 0 Å². The maximum Gasteiger partial charge on any atom is 0.321 e. The molecule has 31 heavy (non-hydrogen) atoms. The van der Waals surface area contributed by atoms with Crippen molar-refractivity contribution in [1.29, 1.82) is 0 Å². The topological polar surface area (TPSA) is 53.4 Å². The van der Waals surface area contributed by atoms with Crippen LogP contribution < -0.4 is 5.32 Å². The standard InChI is InChI=1S/C25H31N5O/c1-19-6-4-7-22(14-19)17-28-10-12-29(13-11-28)25(31)26-24-9-5-8-23(16-24)18-30-21(3)15-20(2)27-30/h4-9,14-16H,10-13,17-18H2,1-3H3,(H,26,31). The summed E-state index contributed by atoms with van der Waals surface area (Å²) in [6, 6.07) is 18.7. The highest BCUT2D eigenvalue weighted by molar-refractivity contribution is 5.89. The van der Waals surface area contributed by atoms with E-state index in [0.717, 1.165) is 55.4 Å². The Bertz CT molecular complexity index is 1050. The summed E-state index contributed by atoms with van der Waals surface area (Å²) in [6.45, 7) is 11.1. The van der Waals surface area contributed by atoms with Crippen LogP contribution in [0.5, 0.6) is 0 Å². The normalized spacial score (nSPS) is 14.6. The number of nitrogens with zero attached hydrogens (tertiary/aromatic N) is 4. The minimum absolute atomic E-state index is 0.0292. The van der Waals surface area contributed by atoms with Crippen LogP contribution in [0.25, 0.3) is 0 Å². The number of hydrogen-bond donors (Lipinski definition) is 1. The summed E-state index contributed by atoms with van der Waals surface area (Å²) in [5.74, 6) is 0. The van der Waals surface area contributed by atoms with Gasteiger partial charge >= 0.3 is 6.03 Å². The van der Waals surface area contributed by atoms with E-state index in [0.29, 0.717) is 6.54 Å². The molecule has 0 bridgehead atoms. The van der Waals surface area contributed by atoms with Crippen molar-refractivity contribution in [2.24, 2.45) is 0 Å². The van der Waals surface area contributed by atoms with E-state index in [4.69, 9.17) is 0 Å². The van der Waals surface area contributed by atoms with Crippen molar-refractivity contribution < 1.29 is 4.79 Å². The molecule has 1 aliphatic heterocycles. The van der Waals surface area contributed by atoms with Gasteiger partial charge in [-0.25, -0.2) is 4.79 Å². The molecule has 6 heteroatoms. The first-order valence-corrected chi connectivity index (χ1v) is 10.9. The lowest BCUT2D eigenvalue weighted by Crippen LogP contribution is -2.49. The van der Waals surface area contributed by atoms with Crippen LogP contribution in [0.1, 0.15) is 28.1 Å². The zero-order chi connectivity index (χ0) is 21.8. The Labute approximate surface area is 184 Å². The summed E-state index contributed by atoms with van der Waals surface area (Å²) in [4.78, 5) is 17.1. The minimum atomic E-state index is -0.0292. The van der Waals surface area contributed by atoms with Crippen LogP contribution in [0.3, 0.4) is 0 Å². The lowest BCUT2D eigenvalue weighted by Gasteiger charge is -2.34. The van der Waals surface area contributed by atoms with E-state index in [-0.39, 0.29) is 6.03 Å². The summed E-state index contributed by atoms with van der Waals surface area (Å²) in [7, 11) is 0. The van der Waals surface area contributed by atoms with Crippen molar-refractivity contribution in [2.75, 3.05) is 31.5 Å². The van der Waals surface area contributed by atoms with Gasteiger partial charge in [0.25, 0.3) is 0 Å². The molecule has 0 aliphatic carbocycles. The van der Waals surface area contributed by atoms with Gasteiger partial charge in [-0.2, -0.15) is 5.10 Å². The molecule has 2 amide bonds. The van der Waals surface area contributed by atoms with E-state index in [1.54, 1.807) is 0 Å². The number of carbonyl (C=O) groups excluding carboxylic acids is 1. The van der Waals surface area contributed by atoms with E-state index < -0.39 is 0 Å². The van der Waals surface area contributed by atoms with Gasteiger partial charge in [-0.1, -0.05) is 42.0 Å². The number of amides is 2. The Morgan fingerprint density at radius 1 is 0.903 bits per heavy atom. The second-order valence-corrected chi connectivity index (χ2v) is 8.47. The molecule has 2 heterocycles. The Hall–Kier alpha value is -3.12. The van der Waals surface area contributed by atoms with Crippen LogP contribution in [0, 0.1) is 20.8 Å². The summed E-state index contributed by atoms with van der Waals surface area (Å²) in [5.41, 5.74) is 6.71. The van der Waals surface area contributed by atoms with E-state index in [9.17, 15) is 4.79 Å². The minimum Gasteiger partial charge on any atom is -0.322 e. The van der Waals surface area contributed by atoms with Crippen molar-refractivity contribution in [3.8, 4) is 0 Å². The molecule has 1 aromatic heterocycles. The molecule has 1 saturated heterocycles. The first kappa shape index (κ1) is 21.1. The molecule has 1 fully saturated rings. The monoisotopic (exact) mass is 417 g/mol. The molecular weight excluding hydrogens is 386 g/mol. The molecule has 2 aromatic carbocycles. The van der Waals surface area contributed by atoms with Crippen LogP contribution in [-0.2, 0) is 13.1 Å². The van der Waals surface area contributed by atoms with Crippen molar-refractivity contribution >= 4 is 11.7 Å².